The molecule has 1 unspecified atom stereocenters. The van der Waals surface area contributed by atoms with Gasteiger partial charge in [-0.25, -0.2) is 4.98 Å². The fourth-order valence-corrected chi connectivity index (χ4v) is 3.48. The number of carbonyl (C=O) groups excluding carboxylic acids is 2. The lowest BCUT2D eigenvalue weighted by atomic mass is 10.1. The fraction of sp³-hybridized carbons (Fsp3) is 0.286. The number of aromatic amines is 1. The smallest absolute Gasteiger partial charge is 0.227 e. The molecule has 7 nitrogen and oxygen atoms in total. The number of benzene rings is 2. The molecule has 0 aliphatic carbocycles. The lowest BCUT2D eigenvalue weighted by Gasteiger charge is -2.17. The van der Waals surface area contributed by atoms with E-state index in [1.807, 2.05) is 42.5 Å². The van der Waals surface area contributed by atoms with E-state index < -0.39 is 0 Å². The van der Waals surface area contributed by atoms with Crippen molar-refractivity contribution in [3.63, 3.8) is 0 Å². The summed E-state index contributed by atoms with van der Waals surface area (Å²) in [6.07, 6.45) is 0.828. The highest BCUT2D eigenvalue weighted by Gasteiger charge is 2.35. The first kappa shape index (κ1) is 18.0. The summed E-state index contributed by atoms with van der Waals surface area (Å²) in [6.45, 7) is 0.852. The standard InChI is InChI=1S/C21H22N4O3/c1-28-16-6-4-5-15(12-16)25-13-14(11-20(25)26)21(27)22-10-9-19-23-17-7-2-3-8-18(17)24-19/h2-8,12,14H,9-11,13H2,1H3,(H,22,27)(H,23,24). The average Bonchev–Trinajstić information content (AvgIpc) is 3.31. The molecule has 2 aromatic carbocycles. The van der Waals surface area contributed by atoms with Crippen LogP contribution in [0.2, 0.25) is 0 Å². The maximum absolute atomic E-state index is 12.5. The van der Waals surface area contributed by atoms with Crippen LogP contribution >= 0.6 is 0 Å². The molecule has 2 N–H and O–H groups in total. The summed E-state index contributed by atoms with van der Waals surface area (Å²) in [5.41, 5.74) is 2.65. The van der Waals surface area contributed by atoms with Gasteiger partial charge in [-0.3, -0.25) is 9.59 Å². The number of rotatable bonds is 6. The number of carbonyl (C=O) groups is 2. The molecule has 0 radical (unpaired) electrons. The van der Waals surface area contributed by atoms with Crippen LogP contribution in [0.15, 0.2) is 48.5 Å². The quantitative estimate of drug-likeness (QED) is 0.689. The van der Waals surface area contributed by atoms with Crippen molar-refractivity contribution in [3.05, 3.63) is 54.4 Å². The Kier molecular flexibility index (Phi) is 4.97. The molecule has 1 fully saturated rings. The number of nitrogens with zero attached hydrogens (tertiary/aromatic N) is 2. The summed E-state index contributed by atoms with van der Waals surface area (Å²) in [6, 6.07) is 15.1. The normalized spacial score (nSPS) is 16.5. The number of aromatic nitrogens is 2. The number of hydrogen-bond acceptors (Lipinski definition) is 4. The van der Waals surface area contributed by atoms with Gasteiger partial charge in [0.25, 0.3) is 0 Å². The Labute approximate surface area is 162 Å². The number of hydrogen-bond donors (Lipinski definition) is 2. The number of nitrogens with one attached hydrogen (secondary N) is 2. The zero-order chi connectivity index (χ0) is 19.5. The Bertz CT molecular complexity index is 981. The Morgan fingerprint density at radius 3 is 2.96 bits per heavy atom. The van der Waals surface area contributed by atoms with E-state index in [-0.39, 0.29) is 24.2 Å². The van der Waals surface area contributed by atoms with Crippen LogP contribution in [0, 0.1) is 5.92 Å². The summed E-state index contributed by atoms with van der Waals surface area (Å²) < 4.78 is 5.21. The van der Waals surface area contributed by atoms with Gasteiger partial charge in [-0.1, -0.05) is 18.2 Å². The first-order valence-corrected chi connectivity index (χ1v) is 9.30. The van der Waals surface area contributed by atoms with Crippen molar-refractivity contribution in [2.45, 2.75) is 12.8 Å². The number of anilines is 1. The molecular weight excluding hydrogens is 356 g/mol. The molecule has 1 atom stereocenters. The van der Waals surface area contributed by atoms with Crippen LogP contribution in [0.1, 0.15) is 12.2 Å². The van der Waals surface area contributed by atoms with Crippen LogP contribution in [0.4, 0.5) is 5.69 Å². The van der Waals surface area contributed by atoms with Crippen molar-refractivity contribution in [3.8, 4) is 5.75 Å². The number of ether oxygens (including phenoxy) is 1. The van der Waals surface area contributed by atoms with E-state index in [1.54, 1.807) is 18.1 Å². The van der Waals surface area contributed by atoms with E-state index >= 15 is 0 Å². The van der Waals surface area contributed by atoms with Gasteiger partial charge in [0.05, 0.1) is 24.1 Å². The lowest BCUT2D eigenvalue weighted by molar-refractivity contribution is -0.126. The van der Waals surface area contributed by atoms with Crippen molar-refractivity contribution in [1.29, 1.82) is 0 Å². The third-order valence-electron chi connectivity index (χ3n) is 4.96. The summed E-state index contributed by atoms with van der Waals surface area (Å²) in [7, 11) is 1.59. The van der Waals surface area contributed by atoms with Crippen molar-refractivity contribution in [2.75, 3.05) is 25.1 Å². The maximum atomic E-state index is 12.5. The molecule has 0 spiro atoms. The van der Waals surface area contributed by atoms with E-state index in [0.29, 0.717) is 25.3 Å². The molecule has 0 bridgehead atoms. The second-order valence-electron chi connectivity index (χ2n) is 6.85. The third-order valence-corrected chi connectivity index (χ3v) is 4.96. The number of imidazole rings is 1. The lowest BCUT2D eigenvalue weighted by Crippen LogP contribution is -2.34. The van der Waals surface area contributed by atoms with Crippen molar-refractivity contribution >= 4 is 28.5 Å². The average molecular weight is 378 g/mol. The Balaban J connectivity index is 1.33. The van der Waals surface area contributed by atoms with Crippen molar-refractivity contribution in [2.24, 2.45) is 5.92 Å². The van der Waals surface area contributed by atoms with Crippen LogP contribution in [0.5, 0.6) is 5.75 Å². The minimum Gasteiger partial charge on any atom is -0.497 e. The summed E-state index contributed by atoms with van der Waals surface area (Å²) in [4.78, 5) is 34.3. The second-order valence-corrected chi connectivity index (χ2v) is 6.85. The van der Waals surface area contributed by atoms with Gasteiger partial charge < -0.3 is 19.9 Å². The Hall–Kier alpha value is -3.35. The fourth-order valence-electron chi connectivity index (χ4n) is 3.48. The maximum Gasteiger partial charge on any atom is 0.227 e. The van der Waals surface area contributed by atoms with Gasteiger partial charge in [0.15, 0.2) is 0 Å². The molecule has 28 heavy (non-hydrogen) atoms. The van der Waals surface area contributed by atoms with Crippen molar-refractivity contribution in [1.82, 2.24) is 15.3 Å². The van der Waals surface area contributed by atoms with Crippen molar-refractivity contribution < 1.29 is 14.3 Å². The molecule has 1 saturated heterocycles. The highest BCUT2D eigenvalue weighted by atomic mass is 16.5. The molecule has 2 amide bonds. The van der Waals surface area contributed by atoms with E-state index in [9.17, 15) is 9.59 Å². The van der Waals surface area contributed by atoms with Gasteiger partial charge in [0, 0.05) is 37.7 Å². The zero-order valence-corrected chi connectivity index (χ0v) is 15.6. The van der Waals surface area contributed by atoms with Crippen LogP contribution < -0.4 is 15.0 Å². The highest BCUT2D eigenvalue weighted by molar-refractivity contribution is 6.00. The summed E-state index contributed by atoms with van der Waals surface area (Å²) >= 11 is 0. The number of amides is 2. The molecule has 3 aromatic rings. The van der Waals surface area contributed by atoms with Gasteiger partial charge in [0.2, 0.25) is 11.8 Å². The molecule has 144 valence electrons. The molecule has 0 saturated carbocycles. The molecule has 1 aromatic heterocycles. The van der Waals surface area contributed by atoms with E-state index in [4.69, 9.17) is 4.74 Å². The SMILES string of the molecule is COc1cccc(N2CC(C(=O)NCCc3nc4ccccc4[nH]3)CC2=O)c1. The number of fused-ring (bicyclic) bond motifs is 1. The number of para-hydroxylation sites is 2. The Morgan fingerprint density at radius 2 is 2.14 bits per heavy atom. The monoisotopic (exact) mass is 378 g/mol. The van der Waals surface area contributed by atoms with Crippen LogP contribution in [0.25, 0.3) is 11.0 Å². The van der Waals surface area contributed by atoms with Gasteiger partial charge in [-0.05, 0) is 24.3 Å². The largest absolute Gasteiger partial charge is 0.497 e. The van der Waals surface area contributed by atoms with E-state index in [2.05, 4.69) is 15.3 Å². The minimum atomic E-state index is -0.352. The molecule has 7 heteroatoms. The first-order chi connectivity index (χ1) is 13.6. The first-order valence-electron chi connectivity index (χ1n) is 9.30. The Morgan fingerprint density at radius 1 is 1.29 bits per heavy atom. The second kappa shape index (κ2) is 7.72. The minimum absolute atomic E-state index is 0.0503. The van der Waals surface area contributed by atoms with Gasteiger partial charge in [0.1, 0.15) is 11.6 Å². The zero-order valence-electron chi connectivity index (χ0n) is 15.6. The molecule has 1 aliphatic rings. The van der Waals surface area contributed by atoms with Crippen LogP contribution in [-0.4, -0.2) is 42.0 Å². The summed E-state index contributed by atoms with van der Waals surface area (Å²) in [5.74, 6) is 1.01. The molecule has 1 aliphatic heterocycles. The summed E-state index contributed by atoms with van der Waals surface area (Å²) in [5, 5.41) is 2.93. The molecule has 2 heterocycles. The van der Waals surface area contributed by atoms with E-state index in [1.165, 1.54) is 0 Å². The predicted octanol–water partition coefficient (Wildman–Crippen LogP) is 2.28. The van der Waals surface area contributed by atoms with Gasteiger partial charge in [-0.15, -0.1) is 0 Å². The molecular formula is C21H22N4O3. The van der Waals surface area contributed by atoms with E-state index in [0.717, 1.165) is 22.5 Å². The highest BCUT2D eigenvalue weighted by Crippen LogP contribution is 2.27. The third kappa shape index (κ3) is 3.69. The predicted molar refractivity (Wildman–Crippen MR) is 106 cm³/mol. The van der Waals surface area contributed by atoms with Gasteiger partial charge >= 0.3 is 0 Å². The molecule has 4 rings (SSSR count). The number of methoxy groups -OCH3 is 1. The van der Waals surface area contributed by atoms with Crippen LogP contribution in [0.3, 0.4) is 0 Å². The van der Waals surface area contributed by atoms with Gasteiger partial charge in [-0.2, -0.15) is 0 Å². The number of H-pyrrole nitrogens is 1. The topological polar surface area (TPSA) is 87.3 Å². The van der Waals surface area contributed by atoms with Crippen LogP contribution in [-0.2, 0) is 16.0 Å².